The van der Waals surface area contributed by atoms with Crippen LogP contribution < -0.4 is 11.1 Å². The molecule has 0 aliphatic rings. The van der Waals surface area contributed by atoms with Gasteiger partial charge in [0.1, 0.15) is 5.00 Å². The predicted octanol–water partition coefficient (Wildman–Crippen LogP) is 4.07. The molecule has 3 aromatic rings. The summed E-state index contributed by atoms with van der Waals surface area (Å²) in [6, 6.07) is 6.63. The van der Waals surface area contributed by atoms with Gasteiger partial charge in [0.15, 0.2) is 6.10 Å². The number of aryl methyl sites for hydroxylation is 1. The molecule has 32 heavy (non-hydrogen) atoms. The van der Waals surface area contributed by atoms with Crippen molar-refractivity contribution in [2.24, 2.45) is 5.73 Å². The van der Waals surface area contributed by atoms with Crippen LogP contribution in [0.4, 0.5) is 5.00 Å². The minimum Gasteiger partial charge on any atom is -0.452 e. The van der Waals surface area contributed by atoms with E-state index in [4.69, 9.17) is 33.7 Å². The molecule has 1 aromatic carbocycles. The van der Waals surface area contributed by atoms with Gasteiger partial charge >= 0.3 is 5.97 Å². The van der Waals surface area contributed by atoms with Crippen molar-refractivity contribution in [3.8, 4) is 5.69 Å². The zero-order valence-corrected chi connectivity index (χ0v) is 19.8. The van der Waals surface area contributed by atoms with Gasteiger partial charge in [0.2, 0.25) is 0 Å². The smallest absolute Gasteiger partial charge is 0.311 e. The van der Waals surface area contributed by atoms with Crippen LogP contribution in [0.15, 0.2) is 29.6 Å². The van der Waals surface area contributed by atoms with E-state index >= 15 is 0 Å². The molecule has 2 aromatic heterocycles. The van der Waals surface area contributed by atoms with Crippen molar-refractivity contribution in [3.63, 3.8) is 0 Å². The number of ether oxygens (including phenoxy) is 1. The van der Waals surface area contributed by atoms with E-state index in [9.17, 15) is 14.4 Å². The molecule has 168 valence electrons. The van der Waals surface area contributed by atoms with Crippen LogP contribution in [0.5, 0.6) is 0 Å². The maximum Gasteiger partial charge on any atom is 0.311 e. The van der Waals surface area contributed by atoms with Crippen molar-refractivity contribution in [2.45, 2.75) is 33.3 Å². The number of hydrogen-bond donors (Lipinski definition) is 2. The van der Waals surface area contributed by atoms with E-state index in [0.29, 0.717) is 32.0 Å². The third kappa shape index (κ3) is 5.12. The Morgan fingerprint density at radius 1 is 1.22 bits per heavy atom. The van der Waals surface area contributed by atoms with E-state index in [0.717, 1.165) is 17.0 Å². The Hall–Kier alpha value is -2.88. The Morgan fingerprint density at radius 3 is 2.59 bits per heavy atom. The zero-order chi connectivity index (χ0) is 23.6. The van der Waals surface area contributed by atoms with Crippen LogP contribution in [-0.2, 0) is 20.7 Å². The molecule has 0 aliphatic carbocycles. The fourth-order valence-electron chi connectivity index (χ4n) is 3.05. The number of esters is 1. The molecule has 2 amide bonds. The van der Waals surface area contributed by atoms with Crippen LogP contribution in [0.25, 0.3) is 5.69 Å². The number of carbonyl (C=O) groups is 3. The summed E-state index contributed by atoms with van der Waals surface area (Å²) in [6.45, 7) is 5.05. The maximum absolute atomic E-state index is 12.5. The number of primary amides is 1. The van der Waals surface area contributed by atoms with Crippen molar-refractivity contribution < 1.29 is 19.1 Å². The number of halogens is 2. The lowest BCUT2D eigenvalue weighted by atomic mass is 10.1. The molecular formula is C21H20Cl2N4O4S. The highest BCUT2D eigenvalue weighted by atomic mass is 35.5. The number of carbonyl (C=O) groups excluding carboxylic acids is 3. The number of rotatable bonds is 7. The van der Waals surface area contributed by atoms with E-state index < -0.39 is 23.9 Å². The number of amides is 2. The van der Waals surface area contributed by atoms with E-state index in [1.807, 2.05) is 6.92 Å². The highest BCUT2D eigenvalue weighted by molar-refractivity contribution is 7.14. The molecule has 8 nitrogen and oxygen atoms in total. The van der Waals surface area contributed by atoms with E-state index in [1.54, 1.807) is 35.2 Å². The second-order valence-electron chi connectivity index (χ2n) is 6.99. The van der Waals surface area contributed by atoms with E-state index in [1.165, 1.54) is 13.0 Å². The first-order valence-corrected chi connectivity index (χ1v) is 11.1. The summed E-state index contributed by atoms with van der Waals surface area (Å²) in [4.78, 5) is 36.3. The lowest BCUT2D eigenvalue weighted by Crippen LogP contribution is -2.31. The molecule has 1 unspecified atom stereocenters. The lowest BCUT2D eigenvalue weighted by Gasteiger charge is -2.13. The molecule has 0 bridgehead atoms. The number of aromatic nitrogens is 2. The fraction of sp³-hybridized carbons (Fsp3) is 0.238. The second kappa shape index (κ2) is 9.72. The van der Waals surface area contributed by atoms with Crippen molar-refractivity contribution in [2.75, 3.05) is 5.32 Å². The number of hydrogen-bond acceptors (Lipinski definition) is 6. The van der Waals surface area contributed by atoms with Crippen LogP contribution in [-0.4, -0.2) is 33.7 Å². The molecule has 1 atom stereocenters. The summed E-state index contributed by atoms with van der Waals surface area (Å²) in [7, 11) is 0. The van der Waals surface area contributed by atoms with Gasteiger partial charge in [0.25, 0.3) is 11.8 Å². The standard InChI is InChI=1S/C21H20Cl2N4O4S/c1-10-15(11(2)27(26-10)13-4-5-16(22)17(23)8-13)9-18(28)31-12(3)20(30)25-21-14(19(24)29)6-7-32-21/h4-8,12H,9H2,1-3H3,(H2,24,29)(H,25,30). The largest absolute Gasteiger partial charge is 0.452 e. The van der Waals surface area contributed by atoms with Crippen molar-refractivity contribution in [1.29, 1.82) is 0 Å². The average molecular weight is 495 g/mol. The lowest BCUT2D eigenvalue weighted by molar-refractivity contribution is -0.152. The number of nitrogens with two attached hydrogens (primary N) is 1. The number of nitrogens with one attached hydrogen (secondary N) is 1. The van der Waals surface area contributed by atoms with Gasteiger partial charge in [-0.25, -0.2) is 4.68 Å². The molecule has 0 aliphatic heterocycles. The monoisotopic (exact) mass is 494 g/mol. The molecular weight excluding hydrogens is 475 g/mol. The van der Waals surface area contributed by atoms with Crippen LogP contribution in [0.1, 0.15) is 34.2 Å². The van der Waals surface area contributed by atoms with Gasteiger partial charge in [-0.05, 0) is 50.4 Å². The van der Waals surface area contributed by atoms with Gasteiger partial charge in [0.05, 0.1) is 33.4 Å². The zero-order valence-electron chi connectivity index (χ0n) is 17.4. The molecule has 11 heteroatoms. The van der Waals surface area contributed by atoms with Crippen molar-refractivity contribution in [1.82, 2.24) is 9.78 Å². The second-order valence-corrected chi connectivity index (χ2v) is 8.72. The van der Waals surface area contributed by atoms with Crippen LogP contribution in [0.3, 0.4) is 0 Å². The molecule has 0 saturated heterocycles. The van der Waals surface area contributed by atoms with Gasteiger partial charge in [-0.15, -0.1) is 11.3 Å². The van der Waals surface area contributed by atoms with Gasteiger partial charge in [-0.1, -0.05) is 23.2 Å². The summed E-state index contributed by atoms with van der Waals surface area (Å²) in [5.74, 6) is -1.81. The Balaban J connectivity index is 1.68. The van der Waals surface area contributed by atoms with Crippen molar-refractivity contribution in [3.05, 3.63) is 62.2 Å². The molecule has 0 saturated carbocycles. The summed E-state index contributed by atoms with van der Waals surface area (Å²) in [5.41, 5.74) is 8.24. The van der Waals surface area contributed by atoms with Gasteiger partial charge in [-0.3, -0.25) is 14.4 Å². The Kier molecular flexibility index (Phi) is 7.22. The number of thiophene rings is 1. The third-order valence-electron chi connectivity index (χ3n) is 4.75. The maximum atomic E-state index is 12.5. The van der Waals surface area contributed by atoms with Crippen molar-refractivity contribution >= 4 is 57.3 Å². The molecule has 0 radical (unpaired) electrons. The number of benzene rings is 1. The fourth-order valence-corrected chi connectivity index (χ4v) is 4.14. The molecule has 2 heterocycles. The van der Waals surface area contributed by atoms with Crippen LogP contribution in [0.2, 0.25) is 10.0 Å². The summed E-state index contributed by atoms with van der Waals surface area (Å²) >= 11 is 13.2. The molecule has 0 fully saturated rings. The van der Waals surface area contributed by atoms with E-state index in [-0.39, 0.29) is 12.0 Å². The molecule has 3 N–H and O–H groups in total. The number of anilines is 1. The Labute approximate surface area is 198 Å². The SMILES string of the molecule is Cc1nn(-c2ccc(Cl)c(Cl)c2)c(C)c1CC(=O)OC(C)C(=O)Nc1sccc1C(N)=O. The van der Waals surface area contributed by atoms with Gasteiger partial charge in [0, 0.05) is 11.3 Å². The molecule has 3 rings (SSSR count). The predicted molar refractivity (Wildman–Crippen MR) is 124 cm³/mol. The first-order valence-electron chi connectivity index (χ1n) is 9.46. The Morgan fingerprint density at radius 2 is 1.94 bits per heavy atom. The first-order chi connectivity index (χ1) is 15.1. The Bertz CT molecular complexity index is 1200. The van der Waals surface area contributed by atoms with Gasteiger partial charge < -0.3 is 15.8 Å². The normalized spacial score (nSPS) is 11.8. The summed E-state index contributed by atoms with van der Waals surface area (Å²) in [5, 5.41) is 9.80. The summed E-state index contributed by atoms with van der Waals surface area (Å²) < 4.78 is 6.95. The highest BCUT2D eigenvalue weighted by Gasteiger charge is 2.23. The third-order valence-corrected chi connectivity index (χ3v) is 6.32. The average Bonchev–Trinajstić information content (AvgIpc) is 3.30. The van der Waals surface area contributed by atoms with Crippen LogP contribution in [0, 0.1) is 13.8 Å². The minimum absolute atomic E-state index is 0.0673. The first kappa shape index (κ1) is 23.8. The van der Waals surface area contributed by atoms with E-state index in [2.05, 4.69) is 10.4 Å². The molecule has 0 spiro atoms. The summed E-state index contributed by atoms with van der Waals surface area (Å²) in [6.07, 6.45) is -1.14. The quantitative estimate of drug-likeness (QED) is 0.480. The highest BCUT2D eigenvalue weighted by Crippen LogP contribution is 2.27. The van der Waals surface area contributed by atoms with Crippen LogP contribution >= 0.6 is 34.5 Å². The number of nitrogens with zero attached hydrogens (tertiary/aromatic N) is 2. The topological polar surface area (TPSA) is 116 Å². The van der Waals surface area contributed by atoms with Gasteiger partial charge in [-0.2, -0.15) is 5.10 Å². The minimum atomic E-state index is -1.07.